The van der Waals surface area contributed by atoms with Gasteiger partial charge in [0.1, 0.15) is 0 Å². The highest BCUT2D eigenvalue weighted by molar-refractivity contribution is 7.92. The van der Waals surface area contributed by atoms with Crippen molar-refractivity contribution >= 4 is 44.6 Å². The number of nitrogens with one attached hydrogen (secondary N) is 2. The third kappa shape index (κ3) is 5.37. The minimum atomic E-state index is -3.70. The van der Waals surface area contributed by atoms with Gasteiger partial charge in [-0.1, -0.05) is 6.07 Å². The van der Waals surface area contributed by atoms with Crippen molar-refractivity contribution in [3.63, 3.8) is 0 Å². The Morgan fingerprint density at radius 1 is 1.00 bits per heavy atom. The van der Waals surface area contributed by atoms with Crippen molar-refractivity contribution in [2.45, 2.75) is 58.4 Å². The fraction of sp³-hybridized carbons (Fsp3) is 0.500. The van der Waals surface area contributed by atoms with Crippen molar-refractivity contribution in [1.29, 1.82) is 0 Å². The molecule has 1 saturated heterocycles. The standard InChI is InChI=1S/C28H36N4O5S/c1-27(2,3)32-23-17-20(5-4-19(23)16-25(32)34)29-26(35)22-7-6-21(30-38(36,37)15-14-33)18-24(22)31-12-10-28(8-9-28)11-13-31/h4-7,17-18,30,33H,8-16H2,1-3H3,(H,29,35). The second kappa shape index (κ2) is 9.57. The maximum Gasteiger partial charge on any atom is 0.257 e. The summed E-state index contributed by atoms with van der Waals surface area (Å²) in [6.07, 6.45) is 4.95. The molecule has 204 valence electrons. The number of amides is 2. The Balaban J connectivity index is 1.43. The molecule has 1 aliphatic carbocycles. The van der Waals surface area contributed by atoms with Gasteiger partial charge in [-0.3, -0.25) is 14.3 Å². The summed E-state index contributed by atoms with van der Waals surface area (Å²) in [6.45, 7) is 7.08. The number of hydrogen-bond donors (Lipinski definition) is 3. The zero-order chi connectivity index (χ0) is 27.3. The van der Waals surface area contributed by atoms with Crippen LogP contribution in [0.2, 0.25) is 0 Å². The minimum absolute atomic E-state index is 0.0380. The molecule has 0 aromatic heterocycles. The number of benzene rings is 2. The van der Waals surface area contributed by atoms with Gasteiger partial charge in [0.25, 0.3) is 5.91 Å². The van der Waals surface area contributed by atoms with E-state index in [4.69, 9.17) is 5.11 Å². The molecule has 2 aromatic rings. The first-order valence-corrected chi connectivity index (χ1v) is 14.8. The fourth-order valence-electron chi connectivity index (χ4n) is 5.61. The van der Waals surface area contributed by atoms with E-state index >= 15 is 0 Å². The highest BCUT2D eigenvalue weighted by Crippen LogP contribution is 2.54. The lowest BCUT2D eigenvalue weighted by Crippen LogP contribution is -2.43. The van der Waals surface area contributed by atoms with Gasteiger partial charge in [0.2, 0.25) is 15.9 Å². The third-order valence-corrected chi connectivity index (χ3v) is 9.11. The third-order valence-electron chi connectivity index (χ3n) is 7.84. The molecule has 2 amide bonds. The summed E-state index contributed by atoms with van der Waals surface area (Å²) in [4.78, 5) is 30.1. The second-order valence-corrected chi connectivity index (χ2v) is 13.6. The summed E-state index contributed by atoms with van der Waals surface area (Å²) in [5.74, 6) is -0.664. The molecular formula is C28H36N4O5S. The molecule has 0 bridgehead atoms. The molecule has 2 fully saturated rings. The maximum atomic E-state index is 13.6. The number of aliphatic hydroxyl groups is 1. The van der Waals surface area contributed by atoms with Crippen LogP contribution in [0, 0.1) is 5.41 Å². The Kier molecular flexibility index (Phi) is 6.67. The predicted molar refractivity (Wildman–Crippen MR) is 149 cm³/mol. The van der Waals surface area contributed by atoms with Crippen molar-refractivity contribution < 1.29 is 23.1 Å². The zero-order valence-electron chi connectivity index (χ0n) is 22.2. The van der Waals surface area contributed by atoms with E-state index in [1.165, 1.54) is 12.8 Å². The molecule has 0 radical (unpaired) electrons. The largest absolute Gasteiger partial charge is 0.395 e. The van der Waals surface area contributed by atoms with Gasteiger partial charge < -0.3 is 20.2 Å². The van der Waals surface area contributed by atoms with Gasteiger partial charge in [-0.2, -0.15) is 0 Å². The van der Waals surface area contributed by atoms with Crippen LogP contribution in [-0.2, 0) is 21.2 Å². The molecule has 0 atom stereocenters. The Morgan fingerprint density at radius 2 is 1.66 bits per heavy atom. The molecule has 5 rings (SSSR count). The monoisotopic (exact) mass is 540 g/mol. The topological polar surface area (TPSA) is 119 Å². The highest BCUT2D eigenvalue weighted by atomic mass is 32.2. The van der Waals surface area contributed by atoms with Gasteiger partial charge >= 0.3 is 0 Å². The number of rotatable bonds is 7. The average Bonchev–Trinajstić information content (AvgIpc) is 3.49. The smallest absolute Gasteiger partial charge is 0.257 e. The van der Waals surface area contributed by atoms with Gasteiger partial charge in [0, 0.05) is 24.3 Å². The van der Waals surface area contributed by atoms with E-state index in [0.717, 1.165) is 37.2 Å². The molecule has 38 heavy (non-hydrogen) atoms. The number of hydrogen-bond acceptors (Lipinski definition) is 6. The number of fused-ring (bicyclic) bond motifs is 1. The van der Waals surface area contributed by atoms with Gasteiger partial charge in [0.05, 0.1) is 41.4 Å². The van der Waals surface area contributed by atoms with Crippen molar-refractivity contribution in [3.8, 4) is 0 Å². The number of nitrogens with zero attached hydrogens (tertiary/aromatic N) is 2. The van der Waals surface area contributed by atoms with Crippen molar-refractivity contribution in [2.24, 2.45) is 5.41 Å². The quantitative estimate of drug-likeness (QED) is 0.492. The summed E-state index contributed by atoms with van der Waals surface area (Å²) in [5.41, 5.74) is 3.87. The van der Waals surface area contributed by atoms with Crippen LogP contribution in [0.5, 0.6) is 0 Å². The number of anilines is 4. The summed E-state index contributed by atoms with van der Waals surface area (Å²) >= 11 is 0. The molecule has 2 aromatic carbocycles. The van der Waals surface area contributed by atoms with E-state index in [9.17, 15) is 18.0 Å². The maximum absolute atomic E-state index is 13.6. The molecule has 2 aliphatic heterocycles. The van der Waals surface area contributed by atoms with Gasteiger partial charge in [-0.05, 0) is 87.8 Å². The van der Waals surface area contributed by atoms with Crippen LogP contribution in [0.3, 0.4) is 0 Å². The minimum Gasteiger partial charge on any atom is -0.395 e. The zero-order valence-corrected chi connectivity index (χ0v) is 23.0. The van der Waals surface area contributed by atoms with Crippen LogP contribution >= 0.6 is 0 Å². The van der Waals surface area contributed by atoms with Gasteiger partial charge in [-0.25, -0.2) is 8.42 Å². The summed E-state index contributed by atoms with van der Waals surface area (Å²) < 4.78 is 27.0. The van der Waals surface area contributed by atoms with E-state index in [2.05, 4.69) is 14.9 Å². The molecule has 3 N–H and O–H groups in total. The lowest BCUT2D eigenvalue weighted by atomic mass is 9.93. The van der Waals surface area contributed by atoms with Gasteiger partial charge in [0.15, 0.2) is 0 Å². The van der Waals surface area contributed by atoms with Crippen LogP contribution < -0.4 is 19.8 Å². The van der Waals surface area contributed by atoms with Crippen LogP contribution in [0.4, 0.5) is 22.7 Å². The molecule has 3 aliphatic rings. The van der Waals surface area contributed by atoms with Crippen molar-refractivity contribution in [3.05, 3.63) is 47.5 Å². The van der Waals surface area contributed by atoms with Crippen molar-refractivity contribution in [1.82, 2.24) is 0 Å². The Morgan fingerprint density at radius 3 is 2.29 bits per heavy atom. The highest BCUT2D eigenvalue weighted by Gasteiger charge is 2.44. The van der Waals surface area contributed by atoms with E-state index < -0.39 is 22.4 Å². The fourth-order valence-corrected chi connectivity index (χ4v) is 6.44. The SMILES string of the molecule is CC(C)(C)N1C(=O)Cc2ccc(NC(=O)c3ccc(NS(=O)(=O)CCO)cc3N3CCC4(CC3)CC4)cc21. The molecule has 1 spiro atoms. The summed E-state index contributed by atoms with van der Waals surface area (Å²) in [5, 5.41) is 12.1. The van der Waals surface area contributed by atoms with E-state index in [-0.39, 0.29) is 17.4 Å². The lowest BCUT2D eigenvalue weighted by Gasteiger charge is -2.35. The first-order chi connectivity index (χ1) is 17.9. The van der Waals surface area contributed by atoms with Crippen LogP contribution in [0.1, 0.15) is 62.4 Å². The van der Waals surface area contributed by atoms with Crippen LogP contribution in [0.25, 0.3) is 0 Å². The van der Waals surface area contributed by atoms with E-state index in [1.807, 2.05) is 39.0 Å². The second-order valence-electron chi connectivity index (χ2n) is 11.7. The van der Waals surface area contributed by atoms with Crippen LogP contribution in [0.15, 0.2) is 36.4 Å². The molecule has 9 nitrogen and oxygen atoms in total. The molecule has 2 heterocycles. The molecule has 0 unspecified atom stereocenters. The van der Waals surface area contributed by atoms with Gasteiger partial charge in [-0.15, -0.1) is 0 Å². The number of piperidine rings is 1. The first kappa shape index (κ1) is 26.5. The summed E-state index contributed by atoms with van der Waals surface area (Å²) in [7, 11) is -3.70. The predicted octanol–water partition coefficient (Wildman–Crippen LogP) is 3.74. The molecular weight excluding hydrogens is 504 g/mol. The van der Waals surface area contributed by atoms with E-state index in [1.54, 1.807) is 23.1 Å². The Bertz CT molecular complexity index is 1370. The number of carbonyl (C=O) groups is 2. The summed E-state index contributed by atoms with van der Waals surface area (Å²) in [6, 6.07) is 10.5. The molecule has 10 heteroatoms. The number of carbonyl (C=O) groups excluding carboxylic acids is 2. The number of aliphatic hydroxyl groups excluding tert-OH is 1. The van der Waals surface area contributed by atoms with Crippen LogP contribution in [-0.4, -0.2) is 56.3 Å². The van der Waals surface area contributed by atoms with E-state index in [0.29, 0.717) is 34.5 Å². The Hall–Kier alpha value is -3.11. The lowest BCUT2D eigenvalue weighted by molar-refractivity contribution is -0.118. The first-order valence-electron chi connectivity index (χ1n) is 13.2. The molecule has 1 saturated carbocycles. The average molecular weight is 541 g/mol. The normalized spacial score (nSPS) is 18.5. The van der Waals surface area contributed by atoms with Crippen molar-refractivity contribution in [2.75, 3.05) is 45.3 Å². The Labute approximate surface area is 224 Å². The number of sulfonamides is 1.